The van der Waals surface area contributed by atoms with E-state index in [0.717, 1.165) is 0 Å². The highest BCUT2D eigenvalue weighted by atomic mass is 79.9. The number of anilines is 1. The molecule has 2 rings (SSSR count). The third kappa shape index (κ3) is 2.61. The first kappa shape index (κ1) is 12.8. The second-order valence-corrected chi connectivity index (χ2v) is 4.74. The van der Waals surface area contributed by atoms with E-state index in [1.807, 2.05) is 10.9 Å². The van der Waals surface area contributed by atoms with Gasteiger partial charge < -0.3 is 10.1 Å². The number of ether oxygens (including phenoxy) is 1. The molecule has 0 aliphatic carbocycles. The van der Waals surface area contributed by atoms with Crippen LogP contribution in [-0.4, -0.2) is 26.8 Å². The molecule has 1 N–H and O–H groups in total. The first-order valence-electron chi connectivity index (χ1n) is 5.52. The molecule has 0 spiro atoms. The van der Waals surface area contributed by atoms with Crippen LogP contribution in [0.3, 0.4) is 0 Å². The first-order valence-corrected chi connectivity index (χ1v) is 6.31. The predicted octanol–water partition coefficient (Wildman–Crippen LogP) is 2.85. The van der Waals surface area contributed by atoms with Gasteiger partial charge in [0.15, 0.2) is 5.75 Å². The molecule has 0 unspecified atom stereocenters. The SMILES string of the molecule is CNc1ncnc(Oc2cnn(C(C)C)c2)c1Br. The van der Waals surface area contributed by atoms with Crippen molar-refractivity contribution >= 4 is 21.7 Å². The molecule has 6 nitrogen and oxygen atoms in total. The zero-order chi connectivity index (χ0) is 13.1. The van der Waals surface area contributed by atoms with E-state index in [1.165, 1.54) is 6.33 Å². The molecule has 0 aromatic carbocycles. The van der Waals surface area contributed by atoms with Gasteiger partial charge in [-0.2, -0.15) is 5.10 Å². The minimum atomic E-state index is 0.295. The van der Waals surface area contributed by atoms with Crippen LogP contribution in [0, 0.1) is 0 Å². The van der Waals surface area contributed by atoms with Crippen LogP contribution in [0.4, 0.5) is 5.82 Å². The van der Waals surface area contributed by atoms with Crippen LogP contribution in [0.15, 0.2) is 23.2 Å². The predicted molar refractivity (Wildman–Crippen MR) is 72.0 cm³/mol. The van der Waals surface area contributed by atoms with Crippen molar-refractivity contribution in [2.45, 2.75) is 19.9 Å². The first-order chi connectivity index (χ1) is 8.61. The van der Waals surface area contributed by atoms with Crippen LogP contribution in [0.1, 0.15) is 19.9 Å². The minimum Gasteiger partial charge on any atom is -0.434 e. The van der Waals surface area contributed by atoms with E-state index in [2.05, 4.69) is 50.2 Å². The molecule has 96 valence electrons. The summed E-state index contributed by atoms with van der Waals surface area (Å²) in [6, 6.07) is 0.295. The average Bonchev–Trinajstić information content (AvgIpc) is 2.80. The van der Waals surface area contributed by atoms with Crippen molar-refractivity contribution in [2.24, 2.45) is 0 Å². The van der Waals surface area contributed by atoms with E-state index in [-0.39, 0.29) is 0 Å². The van der Waals surface area contributed by atoms with Gasteiger partial charge in [-0.15, -0.1) is 0 Å². The summed E-state index contributed by atoms with van der Waals surface area (Å²) in [6.07, 6.45) is 4.94. The number of rotatable bonds is 4. The topological polar surface area (TPSA) is 64.9 Å². The van der Waals surface area contributed by atoms with E-state index >= 15 is 0 Å². The molecule has 2 heterocycles. The molecule has 0 fully saturated rings. The number of nitrogens with zero attached hydrogens (tertiary/aromatic N) is 4. The number of halogens is 1. The Kier molecular flexibility index (Phi) is 3.81. The van der Waals surface area contributed by atoms with Crippen molar-refractivity contribution < 1.29 is 4.74 Å². The van der Waals surface area contributed by atoms with Crippen molar-refractivity contribution in [1.82, 2.24) is 19.7 Å². The van der Waals surface area contributed by atoms with Crippen LogP contribution in [0.5, 0.6) is 11.6 Å². The Morgan fingerprint density at radius 1 is 1.39 bits per heavy atom. The van der Waals surface area contributed by atoms with Gasteiger partial charge in [0, 0.05) is 13.1 Å². The molecule has 0 aliphatic rings. The Bertz CT molecular complexity index is 540. The van der Waals surface area contributed by atoms with Crippen molar-refractivity contribution in [3.05, 3.63) is 23.2 Å². The summed E-state index contributed by atoms with van der Waals surface area (Å²) >= 11 is 3.39. The molecule has 0 saturated carbocycles. The number of hydrogen-bond donors (Lipinski definition) is 1. The quantitative estimate of drug-likeness (QED) is 0.940. The van der Waals surface area contributed by atoms with Crippen molar-refractivity contribution in [2.75, 3.05) is 12.4 Å². The second-order valence-electron chi connectivity index (χ2n) is 3.94. The molecule has 2 aromatic heterocycles. The Hall–Kier alpha value is -1.63. The second kappa shape index (κ2) is 5.34. The van der Waals surface area contributed by atoms with Gasteiger partial charge in [-0.3, -0.25) is 4.68 Å². The van der Waals surface area contributed by atoms with Crippen LogP contribution >= 0.6 is 15.9 Å². The van der Waals surface area contributed by atoms with E-state index < -0.39 is 0 Å². The van der Waals surface area contributed by atoms with Crippen LogP contribution in [0.2, 0.25) is 0 Å². The molecule has 2 aromatic rings. The standard InChI is InChI=1S/C11H14BrN5O/c1-7(2)17-5-8(4-16-17)18-11-9(12)10(13-3)14-6-15-11/h4-7H,1-3H3,(H,13,14,15). The molecule has 0 radical (unpaired) electrons. The van der Waals surface area contributed by atoms with Crippen LogP contribution in [-0.2, 0) is 0 Å². The number of hydrogen-bond acceptors (Lipinski definition) is 5. The summed E-state index contributed by atoms with van der Waals surface area (Å²) in [6.45, 7) is 4.10. The lowest BCUT2D eigenvalue weighted by Gasteiger charge is -2.07. The van der Waals surface area contributed by atoms with Crippen molar-refractivity contribution in [3.63, 3.8) is 0 Å². The van der Waals surface area contributed by atoms with Gasteiger partial charge in [-0.1, -0.05) is 0 Å². The van der Waals surface area contributed by atoms with Gasteiger partial charge in [0.05, 0.1) is 12.4 Å². The van der Waals surface area contributed by atoms with Gasteiger partial charge in [-0.25, -0.2) is 9.97 Å². The van der Waals surface area contributed by atoms with Gasteiger partial charge >= 0.3 is 0 Å². The minimum absolute atomic E-state index is 0.295. The molecule has 0 saturated heterocycles. The van der Waals surface area contributed by atoms with E-state index in [4.69, 9.17) is 4.74 Å². The smallest absolute Gasteiger partial charge is 0.239 e. The van der Waals surface area contributed by atoms with Crippen molar-refractivity contribution in [1.29, 1.82) is 0 Å². The highest BCUT2D eigenvalue weighted by Crippen LogP contribution is 2.31. The maximum absolute atomic E-state index is 5.66. The molecular weight excluding hydrogens is 298 g/mol. The van der Waals surface area contributed by atoms with Gasteiger partial charge in [0.1, 0.15) is 16.6 Å². The zero-order valence-electron chi connectivity index (χ0n) is 10.4. The average molecular weight is 312 g/mol. The fraction of sp³-hybridized carbons (Fsp3) is 0.364. The zero-order valence-corrected chi connectivity index (χ0v) is 12.0. The van der Waals surface area contributed by atoms with Gasteiger partial charge in [0.2, 0.25) is 5.88 Å². The molecule has 18 heavy (non-hydrogen) atoms. The highest BCUT2D eigenvalue weighted by Gasteiger charge is 2.11. The summed E-state index contributed by atoms with van der Waals surface area (Å²) < 4.78 is 8.17. The van der Waals surface area contributed by atoms with E-state index in [1.54, 1.807) is 13.2 Å². The molecule has 0 aliphatic heterocycles. The Balaban J connectivity index is 2.23. The fourth-order valence-corrected chi connectivity index (χ4v) is 1.85. The summed E-state index contributed by atoms with van der Waals surface area (Å²) in [5.41, 5.74) is 0. The maximum atomic E-state index is 5.66. The normalized spacial score (nSPS) is 10.7. The lowest BCUT2D eigenvalue weighted by molar-refractivity contribution is 0.455. The van der Waals surface area contributed by atoms with Gasteiger partial charge in [0.25, 0.3) is 0 Å². The van der Waals surface area contributed by atoms with Crippen LogP contribution < -0.4 is 10.1 Å². The molecule has 7 heteroatoms. The number of nitrogens with one attached hydrogen (secondary N) is 1. The third-order valence-electron chi connectivity index (χ3n) is 2.32. The Morgan fingerprint density at radius 3 is 2.78 bits per heavy atom. The molecule has 0 atom stereocenters. The lowest BCUT2D eigenvalue weighted by Crippen LogP contribution is -2.00. The largest absolute Gasteiger partial charge is 0.434 e. The molecule has 0 bridgehead atoms. The van der Waals surface area contributed by atoms with Crippen molar-refractivity contribution in [3.8, 4) is 11.6 Å². The number of aromatic nitrogens is 4. The highest BCUT2D eigenvalue weighted by molar-refractivity contribution is 9.10. The third-order valence-corrected chi connectivity index (χ3v) is 3.03. The molecular formula is C11H14BrN5O. The fourth-order valence-electron chi connectivity index (χ4n) is 1.37. The maximum Gasteiger partial charge on any atom is 0.239 e. The summed E-state index contributed by atoms with van der Waals surface area (Å²) in [5.74, 6) is 1.78. The van der Waals surface area contributed by atoms with E-state index in [9.17, 15) is 0 Å². The van der Waals surface area contributed by atoms with E-state index in [0.29, 0.717) is 28.0 Å². The summed E-state index contributed by atoms with van der Waals surface area (Å²) in [5, 5.41) is 7.15. The summed E-state index contributed by atoms with van der Waals surface area (Å²) in [4.78, 5) is 8.14. The molecule has 0 amide bonds. The van der Waals surface area contributed by atoms with Crippen LogP contribution in [0.25, 0.3) is 0 Å². The van der Waals surface area contributed by atoms with Gasteiger partial charge in [-0.05, 0) is 29.8 Å². The Morgan fingerprint density at radius 2 is 2.17 bits per heavy atom. The monoisotopic (exact) mass is 311 g/mol. The lowest BCUT2D eigenvalue weighted by atomic mass is 10.4. The Labute approximate surface area is 114 Å². The summed E-state index contributed by atoms with van der Waals surface area (Å²) in [7, 11) is 1.79.